The van der Waals surface area contributed by atoms with Gasteiger partial charge < -0.3 is 14.8 Å². The van der Waals surface area contributed by atoms with Gasteiger partial charge >= 0.3 is 0 Å². The van der Waals surface area contributed by atoms with Gasteiger partial charge in [-0.25, -0.2) is 0 Å². The highest BCUT2D eigenvalue weighted by atomic mass is 35.5. The number of benzene rings is 1. The minimum atomic E-state index is 0.0892. The molecule has 1 aromatic rings. The number of hydrogen-bond acceptors (Lipinski definition) is 3. The van der Waals surface area contributed by atoms with Crippen molar-refractivity contribution in [3.05, 3.63) is 29.3 Å². The summed E-state index contributed by atoms with van der Waals surface area (Å²) >= 11 is 6.04. The number of para-hydroxylation sites is 1. The van der Waals surface area contributed by atoms with Crippen molar-refractivity contribution >= 4 is 11.6 Å². The zero-order valence-electron chi connectivity index (χ0n) is 10.7. The molecule has 1 N–H and O–H groups in total. The van der Waals surface area contributed by atoms with Gasteiger partial charge in [0.1, 0.15) is 11.9 Å². The Labute approximate surface area is 113 Å². The lowest BCUT2D eigenvalue weighted by molar-refractivity contribution is 0.106. The first kappa shape index (κ1) is 13.7. The van der Waals surface area contributed by atoms with Crippen LogP contribution in [0.5, 0.6) is 5.75 Å². The van der Waals surface area contributed by atoms with Crippen LogP contribution >= 0.6 is 11.6 Å². The monoisotopic (exact) mass is 269 g/mol. The summed E-state index contributed by atoms with van der Waals surface area (Å²) in [7, 11) is 0. The molecule has 3 nitrogen and oxygen atoms in total. The molecule has 0 radical (unpaired) electrons. The first-order valence-electron chi connectivity index (χ1n) is 6.49. The second-order valence-electron chi connectivity index (χ2n) is 4.65. The van der Waals surface area contributed by atoms with Gasteiger partial charge in [-0.05, 0) is 31.9 Å². The molecule has 1 fully saturated rings. The molecular formula is C14H20ClNO2. The van der Waals surface area contributed by atoms with Crippen LogP contribution in [0, 0.1) is 0 Å². The van der Waals surface area contributed by atoms with Crippen molar-refractivity contribution in [2.75, 3.05) is 19.7 Å². The average molecular weight is 270 g/mol. The lowest BCUT2D eigenvalue weighted by Gasteiger charge is -2.17. The van der Waals surface area contributed by atoms with Gasteiger partial charge in [0.15, 0.2) is 0 Å². The highest BCUT2D eigenvalue weighted by Crippen LogP contribution is 2.24. The second kappa shape index (κ2) is 6.98. The maximum absolute atomic E-state index is 6.04. The first-order chi connectivity index (χ1) is 8.75. The summed E-state index contributed by atoms with van der Waals surface area (Å²) in [5.74, 6) is 0.741. The van der Waals surface area contributed by atoms with E-state index in [2.05, 4.69) is 5.32 Å². The average Bonchev–Trinajstić information content (AvgIpc) is 2.85. The van der Waals surface area contributed by atoms with E-state index in [1.807, 2.05) is 31.2 Å². The van der Waals surface area contributed by atoms with Crippen LogP contribution in [-0.2, 0) is 4.74 Å². The highest BCUT2D eigenvalue weighted by Gasteiger charge is 2.15. The van der Waals surface area contributed by atoms with E-state index >= 15 is 0 Å². The fourth-order valence-electron chi connectivity index (χ4n) is 2.05. The number of halogens is 1. The van der Waals surface area contributed by atoms with Gasteiger partial charge in [-0.2, -0.15) is 0 Å². The molecule has 1 aliphatic rings. The van der Waals surface area contributed by atoms with Gasteiger partial charge in [0.25, 0.3) is 0 Å². The molecule has 1 heterocycles. The van der Waals surface area contributed by atoms with Crippen LogP contribution in [0.15, 0.2) is 24.3 Å². The minimum Gasteiger partial charge on any atom is -0.488 e. The van der Waals surface area contributed by atoms with Gasteiger partial charge in [-0.3, -0.25) is 0 Å². The predicted molar refractivity (Wildman–Crippen MR) is 73.4 cm³/mol. The largest absolute Gasteiger partial charge is 0.488 e. The van der Waals surface area contributed by atoms with Crippen molar-refractivity contribution in [1.29, 1.82) is 0 Å². The van der Waals surface area contributed by atoms with Crippen molar-refractivity contribution in [2.45, 2.75) is 32.0 Å². The van der Waals surface area contributed by atoms with Crippen molar-refractivity contribution < 1.29 is 9.47 Å². The quantitative estimate of drug-likeness (QED) is 0.861. The van der Waals surface area contributed by atoms with E-state index in [4.69, 9.17) is 21.1 Å². The van der Waals surface area contributed by atoms with E-state index in [1.54, 1.807) is 0 Å². The van der Waals surface area contributed by atoms with Gasteiger partial charge in [0.05, 0.1) is 11.1 Å². The first-order valence-corrected chi connectivity index (χ1v) is 6.87. The van der Waals surface area contributed by atoms with E-state index in [0.717, 1.165) is 31.9 Å². The summed E-state index contributed by atoms with van der Waals surface area (Å²) < 4.78 is 11.3. The van der Waals surface area contributed by atoms with Crippen LogP contribution in [0.4, 0.5) is 0 Å². The summed E-state index contributed by atoms with van der Waals surface area (Å²) in [5.41, 5.74) is 0. The van der Waals surface area contributed by atoms with Gasteiger partial charge in [-0.15, -0.1) is 0 Å². The number of rotatable bonds is 6. The third-order valence-electron chi connectivity index (χ3n) is 2.99. The van der Waals surface area contributed by atoms with E-state index in [9.17, 15) is 0 Å². The van der Waals surface area contributed by atoms with Crippen molar-refractivity contribution in [3.8, 4) is 5.75 Å². The van der Waals surface area contributed by atoms with Crippen molar-refractivity contribution in [1.82, 2.24) is 5.32 Å². The van der Waals surface area contributed by atoms with E-state index in [1.165, 1.54) is 6.42 Å². The Kier molecular flexibility index (Phi) is 5.29. The topological polar surface area (TPSA) is 30.5 Å². The zero-order chi connectivity index (χ0) is 12.8. The Balaban J connectivity index is 1.68. The lowest BCUT2D eigenvalue weighted by Crippen LogP contribution is -2.34. The molecule has 0 amide bonds. The molecule has 2 unspecified atom stereocenters. The summed E-state index contributed by atoms with van der Waals surface area (Å²) in [6.45, 7) is 4.63. The molecular weight excluding hydrogens is 250 g/mol. The molecule has 0 saturated carbocycles. The van der Waals surface area contributed by atoms with Crippen LogP contribution in [0.3, 0.4) is 0 Å². The maximum atomic E-state index is 6.04. The number of nitrogens with one attached hydrogen (secondary N) is 1. The van der Waals surface area contributed by atoms with E-state index in [0.29, 0.717) is 11.1 Å². The molecule has 1 saturated heterocycles. The standard InChI is InChI=1S/C14H20ClNO2/c1-11(9-16-10-12-5-4-8-17-12)18-14-7-3-2-6-13(14)15/h2-3,6-7,11-12,16H,4-5,8-10H2,1H3. The zero-order valence-corrected chi connectivity index (χ0v) is 11.5. The van der Waals surface area contributed by atoms with Crippen LogP contribution in [0.1, 0.15) is 19.8 Å². The minimum absolute atomic E-state index is 0.0892. The molecule has 0 spiro atoms. The Hall–Kier alpha value is -0.770. The fourth-order valence-corrected chi connectivity index (χ4v) is 2.23. The van der Waals surface area contributed by atoms with Crippen LogP contribution in [0.2, 0.25) is 5.02 Å². The van der Waals surface area contributed by atoms with Crippen LogP contribution in [-0.4, -0.2) is 31.9 Å². The smallest absolute Gasteiger partial charge is 0.138 e. The van der Waals surface area contributed by atoms with E-state index in [-0.39, 0.29) is 6.10 Å². The van der Waals surface area contributed by atoms with Crippen LogP contribution in [0.25, 0.3) is 0 Å². The fraction of sp³-hybridized carbons (Fsp3) is 0.571. The molecule has 100 valence electrons. The maximum Gasteiger partial charge on any atom is 0.138 e. The Morgan fingerprint density at radius 3 is 3.06 bits per heavy atom. The lowest BCUT2D eigenvalue weighted by atomic mass is 10.2. The third kappa shape index (κ3) is 4.16. The predicted octanol–water partition coefficient (Wildman–Crippen LogP) is 2.88. The van der Waals surface area contributed by atoms with Gasteiger partial charge in [-0.1, -0.05) is 23.7 Å². The Bertz CT molecular complexity index is 367. The summed E-state index contributed by atoms with van der Waals surface area (Å²) in [4.78, 5) is 0. The molecule has 4 heteroatoms. The van der Waals surface area contributed by atoms with Crippen molar-refractivity contribution in [3.63, 3.8) is 0 Å². The molecule has 2 atom stereocenters. The molecule has 0 aliphatic carbocycles. The van der Waals surface area contributed by atoms with E-state index < -0.39 is 0 Å². The van der Waals surface area contributed by atoms with Crippen LogP contribution < -0.4 is 10.1 Å². The molecule has 1 aromatic carbocycles. The highest BCUT2D eigenvalue weighted by molar-refractivity contribution is 6.32. The third-order valence-corrected chi connectivity index (χ3v) is 3.30. The van der Waals surface area contributed by atoms with Crippen molar-refractivity contribution in [2.24, 2.45) is 0 Å². The SMILES string of the molecule is CC(CNCC1CCCO1)Oc1ccccc1Cl. The summed E-state index contributed by atoms with van der Waals surface area (Å²) in [5, 5.41) is 4.03. The second-order valence-corrected chi connectivity index (χ2v) is 5.06. The summed E-state index contributed by atoms with van der Waals surface area (Å²) in [6.07, 6.45) is 2.80. The Morgan fingerprint density at radius 2 is 2.33 bits per heavy atom. The molecule has 18 heavy (non-hydrogen) atoms. The molecule has 0 bridgehead atoms. The Morgan fingerprint density at radius 1 is 1.50 bits per heavy atom. The van der Waals surface area contributed by atoms with Gasteiger partial charge in [0, 0.05) is 19.7 Å². The molecule has 2 rings (SSSR count). The summed E-state index contributed by atoms with van der Waals surface area (Å²) in [6, 6.07) is 7.55. The number of hydrogen-bond donors (Lipinski definition) is 1. The normalized spacial score (nSPS) is 20.9. The molecule has 0 aromatic heterocycles. The van der Waals surface area contributed by atoms with Gasteiger partial charge in [0.2, 0.25) is 0 Å². The molecule has 1 aliphatic heterocycles. The number of ether oxygens (including phenoxy) is 2.